The summed E-state index contributed by atoms with van der Waals surface area (Å²) in [6, 6.07) is 6.41. The van der Waals surface area contributed by atoms with Crippen LogP contribution in [0.3, 0.4) is 0 Å². The molecule has 0 aliphatic carbocycles. The molecule has 0 aromatic heterocycles. The highest BCUT2D eigenvalue weighted by Crippen LogP contribution is 2.28. The first-order valence-electron chi connectivity index (χ1n) is 9.24. The number of hydrogen-bond donors (Lipinski definition) is 0. The molecule has 0 bridgehead atoms. The molecule has 6 heteroatoms. The second kappa shape index (κ2) is 9.24. The Morgan fingerprint density at radius 2 is 1.73 bits per heavy atom. The number of piperazine rings is 1. The second-order valence-corrected chi connectivity index (χ2v) is 7.40. The molecule has 1 fully saturated rings. The standard InChI is InChI=1S/C20H33N3O3/c1-15-13-22(14-16(2)23(15)10-9-21(3)4)20(24)12-17-7-8-18(25-5)19(11-17)26-6/h7-8,11,15-16H,9-10,12-14H2,1-6H3. The second-order valence-electron chi connectivity index (χ2n) is 7.40. The molecule has 1 heterocycles. The van der Waals surface area contributed by atoms with Crippen molar-refractivity contribution in [2.24, 2.45) is 0 Å². The molecule has 0 saturated carbocycles. The van der Waals surface area contributed by atoms with E-state index in [1.54, 1.807) is 14.2 Å². The van der Waals surface area contributed by atoms with Gasteiger partial charge >= 0.3 is 0 Å². The summed E-state index contributed by atoms with van der Waals surface area (Å²) in [7, 11) is 7.41. The van der Waals surface area contributed by atoms with Crippen molar-refractivity contribution in [3.05, 3.63) is 23.8 Å². The van der Waals surface area contributed by atoms with Crippen LogP contribution in [0.5, 0.6) is 11.5 Å². The molecule has 1 saturated heterocycles. The van der Waals surface area contributed by atoms with Gasteiger partial charge in [-0.3, -0.25) is 9.69 Å². The van der Waals surface area contributed by atoms with E-state index in [0.717, 1.165) is 31.7 Å². The van der Waals surface area contributed by atoms with Crippen LogP contribution in [0.15, 0.2) is 18.2 Å². The van der Waals surface area contributed by atoms with Crippen LogP contribution in [0.4, 0.5) is 0 Å². The van der Waals surface area contributed by atoms with Crippen molar-refractivity contribution >= 4 is 5.91 Å². The fraction of sp³-hybridized carbons (Fsp3) is 0.650. The van der Waals surface area contributed by atoms with Gasteiger partial charge in [-0.2, -0.15) is 0 Å². The predicted molar refractivity (Wildman–Crippen MR) is 104 cm³/mol. The highest BCUT2D eigenvalue weighted by Gasteiger charge is 2.31. The van der Waals surface area contributed by atoms with Crippen molar-refractivity contribution in [1.29, 1.82) is 0 Å². The molecule has 0 spiro atoms. The lowest BCUT2D eigenvalue weighted by atomic mass is 10.1. The van der Waals surface area contributed by atoms with Gasteiger partial charge < -0.3 is 19.3 Å². The molecule has 1 aliphatic rings. The number of hydrogen-bond acceptors (Lipinski definition) is 5. The minimum absolute atomic E-state index is 0.170. The summed E-state index contributed by atoms with van der Waals surface area (Å²) in [6.45, 7) is 8.05. The molecule has 2 atom stereocenters. The Morgan fingerprint density at radius 3 is 2.27 bits per heavy atom. The summed E-state index contributed by atoms with van der Waals surface area (Å²) >= 11 is 0. The van der Waals surface area contributed by atoms with E-state index in [1.807, 2.05) is 23.1 Å². The Hall–Kier alpha value is -1.79. The van der Waals surface area contributed by atoms with Gasteiger partial charge in [0.05, 0.1) is 20.6 Å². The van der Waals surface area contributed by atoms with Gasteiger partial charge in [0.25, 0.3) is 0 Å². The first-order chi connectivity index (χ1) is 12.3. The van der Waals surface area contributed by atoms with E-state index in [2.05, 4.69) is 37.7 Å². The van der Waals surface area contributed by atoms with Crippen LogP contribution in [-0.2, 0) is 11.2 Å². The van der Waals surface area contributed by atoms with Crippen LogP contribution in [0, 0.1) is 0 Å². The lowest BCUT2D eigenvalue weighted by Gasteiger charge is -2.45. The van der Waals surface area contributed by atoms with Gasteiger partial charge in [0, 0.05) is 38.3 Å². The third-order valence-electron chi connectivity index (χ3n) is 5.06. The Bertz CT molecular complexity index is 594. The zero-order valence-electron chi connectivity index (χ0n) is 17.0. The smallest absolute Gasteiger partial charge is 0.227 e. The quantitative estimate of drug-likeness (QED) is 0.738. The van der Waals surface area contributed by atoms with Crippen molar-refractivity contribution in [1.82, 2.24) is 14.7 Å². The molecule has 0 N–H and O–H groups in total. The Morgan fingerprint density at radius 1 is 1.12 bits per heavy atom. The topological polar surface area (TPSA) is 45.2 Å². The van der Waals surface area contributed by atoms with E-state index in [1.165, 1.54) is 0 Å². The minimum atomic E-state index is 0.170. The zero-order valence-corrected chi connectivity index (χ0v) is 17.0. The lowest BCUT2D eigenvalue weighted by molar-refractivity contribution is -0.134. The summed E-state index contributed by atoms with van der Waals surface area (Å²) in [5.41, 5.74) is 0.947. The highest BCUT2D eigenvalue weighted by atomic mass is 16.5. The van der Waals surface area contributed by atoms with Crippen LogP contribution in [-0.4, -0.2) is 87.2 Å². The number of carbonyl (C=O) groups excluding carboxylic acids is 1. The van der Waals surface area contributed by atoms with Gasteiger partial charge in [-0.15, -0.1) is 0 Å². The van der Waals surface area contributed by atoms with Crippen molar-refractivity contribution in [3.63, 3.8) is 0 Å². The number of carbonyl (C=O) groups is 1. The highest BCUT2D eigenvalue weighted by molar-refractivity contribution is 5.79. The van der Waals surface area contributed by atoms with Crippen LogP contribution in [0.2, 0.25) is 0 Å². The number of likely N-dealkylation sites (N-methyl/N-ethyl adjacent to an activating group) is 1. The molecule has 0 radical (unpaired) electrons. The van der Waals surface area contributed by atoms with Gasteiger partial charge in [0.1, 0.15) is 0 Å². The summed E-state index contributed by atoms with van der Waals surface area (Å²) in [6.07, 6.45) is 0.386. The van der Waals surface area contributed by atoms with E-state index in [-0.39, 0.29) is 5.91 Å². The summed E-state index contributed by atoms with van der Waals surface area (Å²) in [5.74, 6) is 1.51. The van der Waals surface area contributed by atoms with Gasteiger partial charge in [-0.25, -0.2) is 0 Å². The van der Waals surface area contributed by atoms with Gasteiger partial charge in [0.2, 0.25) is 5.91 Å². The normalized spacial score (nSPS) is 21.1. The summed E-state index contributed by atoms with van der Waals surface area (Å²) < 4.78 is 10.6. The first-order valence-corrected chi connectivity index (χ1v) is 9.24. The Balaban J connectivity index is 1.98. The maximum absolute atomic E-state index is 12.8. The van der Waals surface area contributed by atoms with Crippen molar-refractivity contribution in [2.75, 3.05) is 54.5 Å². The zero-order chi connectivity index (χ0) is 19.3. The summed E-state index contributed by atoms with van der Waals surface area (Å²) in [5, 5.41) is 0. The Kier molecular flexibility index (Phi) is 7.29. The Labute approximate surface area is 157 Å². The van der Waals surface area contributed by atoms with E-state index < -0.39 is 0 Å². The first kappa shape index (κ1) is 20.5. The number of rotatable bonds is 7. The maximum Gasteiger partial charge on any atom is 0.227 e. The number of ether oxygens (including phenoxy) is 2. The van der Waals surface area contributed by atoms with Crippen molar-refractivity contribution in [3.8, 4) is 11.5 Å². The fourth-order valence-electron chi connectivity index (χ4n) is 3.59. The average Bonchev–Trinajstić information content (AvgIpc) is 2.60. The molecule has 1 amide bonds. The third kappa shape index (κ3) is 5.11. The molecule has 146 valence electrons. The average molecular weight is 364 g/mol. The number of nitrogens with zero attached hydrogens (tertiary/aromatic N) is 3. The van der Waals surface area contributed by atoms with Crippen LogP contribution < -0.4 is 9.47 Å². The predicted octanol–water partition coefficient (Wildman–Crippen LogP) is 1.73. The van der Waals surface area contributed by atoms with E-state index in [0.29, 0.717) is 30.0 Å². The van der Waals surface area contributed by atoms with Crippen molar-refractivity contribution < 1.29 is 14.3 Å². The monoisotopic (exact) mass is 363 g/mol. The molecule has 1 aliphatic heterocycles. The molecular weight excluding hydrogens is 330 g/mol. The largest absolute Gasteiger partial charge is 0.493 e. The third-order valence-corrected chi connectivity index (χ3v) is 5.06. The fourth-order valence-corrected chi connectivity index (χ4v) is 3.59. The molecule has 26 heavy (non-hydrogen) atoms. The lowest BCUT2D eigenvalue weighted by Crippen LogP contribution is -2.59. The summed E-state index contributed by atoms with van der Waals surface area (Å²) in [4.78, 5) is 19.5. The number of benzene rings is 1. The molecule has 2 rings (SSSR count). The van der Waals surface area contributed by atoms with Crippen molar-refractivity contribution in [2.45, 2.75) is 32.4 Å². The van der Waals surface area contributed by atoms with Crippen LogP contribution in [0.1, 0.15) is 19.4 Å². The maximum atomic E-state index is 12.8. The van der Waals surface area contributed by atoms with Gasteiger partial charge in [0.15, 0.2) is 11.5 Å². The molecule has 6 nitrogen and oxygen atoms in total. The van der Waals surface area contributed by atoms with Gasteiger partial charge in [-0.05, 0) is 45.6 Å². The molecular formula is C20H33N3O3. The number of amides is 1. The molecule has 1 aromatic carbocycles. The SMILES string of the molecule is COc1ccc(CC(=O)N2CC(C)N(CCN(C)C)C(C)C2)cc1OC. The minimum Gasteiger partial charge on any atom is -0.493 e. The number of methoxy groups -OCH3 is 2. The van der Waals surface area contributed by atoms with E-state index >= 15 is 0 Å². The van der Waals surface area contributed by atoms with Crippen LogP contribution in [0.25, 0.3) is 0 Å². The van der Waals surface area contributed by atoms with Crippen LogP contribution >= 0.6 is 0 Å². The van der Waals surface area contributed by atoms with E-state index in [4.69, 9.17) is 9.47 Å². The van der Waals surface area contributed by atoms with Gasteiger partial charge in [-0.1, -0.05) is 6.07 Å². The molecule has 1 aromatic rings. The van der Waals surface area contributed by atoms with E-state index in [9.17, 15) is 4.79 Å². The molecule has 2 unspecified atom stereocenters.